The fourth-order valence-corrected chi connectivity index (χ4v) is 1.56. The molecule has 2 rings (SSSR count). The zero-order valence-corrected chi connectivity index (χ0v) is 12.6. The summed E-state index contributed by atoms with van der Waals surface area (Å²) in [5.41, 5.74) is 0.890. The van der Waals surface area contributed by atoms with Crippen LogP contribution in [0.3, 0.4) is 0 Å². The number of hydrogen-bond donors (Lipinski definition) is 1. The van der Waals surface area contributed by atoms with Gasteiger partial charge in [0.15, 0.2) is 6.61 Å². The lowest BCUT2D eigenvalue weighted by molar-refractivity contribution is -0.0214. The van der Waals surface area contributed by atoms with Gasteiger partial charge in [-0.2, -0.15) is 8.78 Å². The Morgan fingerprint density at radius 1 is 1.37 bits per heavy atom. The molecule has 0 radical (unpaired) electrons. The van der Waals surface area contributed by atoms with Crippen molar-refractivity contribution in [2.24, 2.45) is 5.14 Å². The first-order chi connectivity index (χ1) is 8.71. The van der Waals surface area contributed by atoms with Crippen LogP contribution in [0.4, 0.5) is 8.78 Å². The molecule has 0 atom stereocenters. The van der Waals surface area contributed by atoms with Crippen LogP contribution in [0.15, 0.2) is 18.2 Å². The highest BCUT2D eigenvalue weighted by Gasteiger charge is 2.41. The second-order valence-electron chi connectivity index (χ2n) is 5.37. The highest BCUT2D eigenvalue weighted by Crippen LogP contribution is 2.42. The Morgan fingerprint density at radius 2 is 1.95 bits per heavy atom. The van der Waals surface area contributed by atoms with Crippen LogP contribution in [0.25, 0.3) is 0 Å². The Bertz CT molecular complexity index is 430. The molecule has 1 aromatic carbocycles. The van der Waals surface area contributed by atoms with Gasteiger partial charge in [-0.05, 0) is 38.8 Å². The molecule has 0 fully saturated rings. The van der Waals surface area contributed by atoms with Crippen molar-refractivity contribution < 1.29 is 13.5 Å². The highest BCUT2D eigenvalue weighted by atomic mass is 32.2. The highest BCUT2D eigenvalue weighted by molar-refractivity contribution is 7.98. The van der Waals surface area contributed by atoms with Gasteiger partial charge in [0.2, 0.25) is 0 Å². The Balaban J connectivity index is 0.000000258. The Morgan fingerprint density at radius 3 is 2.42 bits per heavy atom. The molecule has 1 aromatic rings. The minimum Gasteiger partial charge on any atom is -0.486 e. The predicted octanol–water partition coefficient (Wildman–Crippen LogP) is 4.13. The van der Waals surface area contributed by atoms with Crippen molar-refractivity contribution in [3.05, 3.63) is 29.3 Å². The van der Waals surface area contributed by atoms with Crippen molar-refractivity contribution in [3.8, 4) is 5.75 Å². The SMILES string of the molecule is CC(C)(C)SN.CCc1cccc2c1OCC2(F)F. The molecule has 1 aliphatic rings. The van der Waals surface area contributed by atoms with E-state index in [9.17, 15) is 8.78 Å². The van der Waals surface area contributed by atoms with Crippen molar-refractivity contribution in [1.29, 1.82) is 0 Å². The summed E-state index contributed by atoms with van der Waals surface area (Å²) in [6.07, 6.45) is 0.721. The number of ether oxygens (including phenoxy) is 1. The van der Waals surface area contributed by atoms with Gasteiger partial charge in [0.1, 0.15) is 5.75 Å². The first-order valence-corrected chi connectivity index (χ1v) is 7.10. The molecule has 1 aliphatic heterocycles. The minimum absolute atomic E-state index is 0.0341. The molecule has 0 spiro atoms. The first kappa shape index (κ1) is 16.2. The zero-order valence-electron chi connectivity index (χ0n) is 11.8. The number of fused-ring (bicyclic) bond motifs is 1. The van der Waals surface area contributed by atoms with Gasteiger partial charge in [-0.15, -0.1) is 0 Å². The number of para-hydroxylation sites is 1. The number of halogens is 2. The topological polar surface area (TPSA) is 35.2 Å². The fraction of sp³-hybridized carbons (Fsp3) is 0.571. The maximum absolute atomic E-state index is 13.1. The molecule has 1 heterocycles. The van der Waals surface area contributed by atoms with Gasteiger partial charge < -0.3 is 4.74 Å². The van der Waals surface area contributed by atoms with Gasteiger partial charge >= 0.3 is 5.92 Å². The number of aryl methyl sites for hydroxylation is 1. The second kappa shape index (κ2) is 6.09. The lowest BCUT2D eigenvalue weighted by Crippen LogP contribution is -2.14. The lowest BCUT2D eigenvalue weighted by atomic mass is 10.0. The summed E-state index contributed by atoms with van der Waals surface area (Å²) in [7, 11) is 0. The van der Waals surface area contributed by atoms with Crippen molar-refractivity contribution in [2.75, 3.05) is 6.61 Å². The van der Waals surface area contributed by atoms with Crippen LogP contribution in [-0.4, -0.2) is 11.4 Å². The third-order valence-electron chi connectivity index (χ3n) is 2.62. The van der Waals surface area contributed by atoms with E-state index in [0.29, 0.717) is 5.75 Å². The van der Waals surface area contributed by atoms with Crippen molar-refractivity contribution >= 4 is 11.9 Å². The first-order valence-electron chi connectivity index (χ1n) is 6.22. The molecule has 0 saturated carbocycles. The quantitative estimate of drug-likeness (QED) is 0.790. The van der Waals surface area contributed by atoms with E-state index in [1.54, 1.807) is 6.07 Å². The van der Waals surface area contributed by atoms with Crippen LogP contribution < -0.4 is 9.88 Å². The number of alkyl halides is 2. The Labute approximate surface area is 117 Å². The van der Waals surface area contributed by atoms with Crippen LogP contribution in [0, 0.1) is 0 Å². The molecular weight excluding hydrogens is 268 g/mol. The van der Waals surface area contributed by atoms with Crippen LogP contribution in [0.5, 0.6) is 5.75 Å². The third kappa shape index (κ3) is 4.35. The van der Waals surface area contributed by atoms with E-state index < -0.39 is 12.5 Å². The zero-order chi connectivity index (χ0) is 14.7. The summed E-state index contributed by atoms with van der Waals surface area (Å²) in [6, 6.07) is 4.90. The van der Waals surface area contributed by atoms with Crippen molar-refractivity contribution in [3.63, 3.8) is 0 Å². The van der Waals surface area contributed by atoms with E-state index >= 15 is 0 Å². The molecule has 0 bridgehead atoms. The number of benzene rings is 1. The number of rotatable bonds is 1. The molecule has 0 saturated heterocycles. The smallest absolute Gasteiger partial charge is 0.310 e. The van der Waals surface area contributed by atoms with Gasteiger partial charge in [-0.3, -0.25) is 5.14 Å². The molecule has 2 nitrogen and oxygen atoms in total. The average molecular weight is 289 g/mol. The normalized spacial score (nSPS) is 16.2. The monoisotopic (exact) mass is 289 g/mol. The largest absolute Gasteiger partial charge is 0.486 e. The lowest BCUT2D eigenvalue weighted by Gasteiger charge is -2.11. The van der Waals surface area contributed by atoms with E-state index in [0.717, 1.165) is 12.0 Å². The maximum Gasteiger partial charge on any atom is 0.310 e. The minimum atomic E-state index is -2.81. The van der Waals surface area contributed by atoms with Gasteiger partial charge in [0.05, 0.1) is 5.56 Å². The average Bonchev–Trinajstić information content (AvgIpc) is 2.65. The van der Waals surface area contributed by atoms with Crippen LogP contribution in [0.1, 0.15) is 38.8 Å². The maximum atomic E-state index is 13.1. The molecule has 0 aromatic heterocycles. The molecule has 2 N–H and O–H groups in total. The van der Waals surface area contributed by atoms with Gasteiger partial charge in [-0.1, -0.05) is 31.0 Å². The number of nitrogens with two attached hydrogens (primary N) is 1. The summed E-state index contributed by atoms with van der Waals surface area (Å²) in [5, 5.41) is 5.22. The Kier molecular flexibility index (Phi) is 5.21. The predicted molar refractivity (Wildman–Crippen MR) is 76.7 cm³/mol. The summed E-state index contributed by atoms with van der Waals surface area (Å²) >= 11 is 1.38. The summed E-state index contributed by atoms with van der Waals surface area (Å²) < 4.78 is 31.5. The van der Waals surface area contributed by atoms with E-state index in [4.69, 9.17) is 9.88 Å². The van der Waals surface area contributed by atoms with E-state index in [1.807, 2.05) is 13.0 Å². The molecule has 0 aliphatic carbocycles. The van der Waals surface area contributed by atoms with Gasteiger partial charge in [-0.25, -0.2) is 0 Å². The molecular formula is C14H21F2NOS. The molecule has 19 heavy (non-hydrogen) atoms. The van der Waals surface area contributed by atoms with Gasteiger partial charge in [0, 0.05) is 4.75 Å². The van der Waals surface area contributed by atoms with E-state index in [-0.39, 0.29) is 10.3 Å². The summed E-state index contributed by atoms with van der Waals surface area (Å²) in [6.45, 7) is 7.65. The Hall–Kier alpha value is -0.810. The van der Waals surface area contributed by atoms with Crippen LogP contribution in [0.2, 0.25) is 0 Å². The summed E-state index contributed by atoms with van der Waals surface area (Å²) in [5.74, 6) is -2.42. The fourth-order valence-electron chi connectivity index (χ4n) is 1.56. The van der Waals surface area contributed by atoms with Crippen molar-refractivity contribution in [1.82, 2.24) is 0 Å². The molecule has 0 amide bonds. The molecule has 0 unspecified atom stereocenters. The number of hydrogen-bond acceptors (Lipinski definition) is 3. The van der Waals surface area contributed by atoms with E-state index in [2.05, 4.69) is 20.8 Å². The van der Waals surface area contributed by atoms with Crippen LogP contribution in [-0.2, 0) is 12.3 Å². The van der Waals surface area contributed by atoms with Crippen LogP contribution >= 0.6 is 11.9 Å². The van der Waals surface area contributed by atoms with Gasteiger partial charge in [0.25, 0.3) is 0 Å². The third-order valence-corrected chi connectivity index (χ3v) is 3.33. The van der Waals surface area contributed by atoms with E-state index in [1.165, 1.54) is 18.0 Å². The standard InChI is InChI=1S/C10H10F2O.C4H11NS/c1-2-7-4-3-5-8-9(7)13-6-10(8,11)12;1-4(2,3)6-5/h3-5H,2,6H2,1H3;5H2,1-3H3. The molecule has 5 heteroatoms. The molecule has 108 valence electrons. The van der Waals surface area contributed by atoms with Crippen molar-refractivity contribution in [2.45, 2.75) is 44.8 Å². The second-order valence-corrected chi connectivity index (χ2v) is 6.83. The summed E-state index contributed by atoms with van der Waals surface area (Å²) in [4.78, 5) is 0.